The van der Waals surface area contributed by atoms with Crippen molar-refractivity contribution >= 4 is 23.4 Å². The Morgan fingerprint density at radius 2 is 1.78 bits per heavy atom. The summed E-state index contributed by atoms with van der Waals surface area (Å²) in [6.07, 6.45) is 0. The maximum Gasteiger partial charge on any atom is 0.234 e. The van der Waals surface area contributed by atoms with Gasteiger partial charge in [0.25, 0.3) is 0 Å². The van der Waals surface area contributed by atoms with Gasteiger partial charge in [0.05, 0.1) is 11.4 Å². The molecule has 8 heteroatoms. The molecule has 0 radical (unpaired) electrons. The number of fused-ring (bicyclic) bond motifs is 1. The number of benzene rings is 3. The summed E-state index contributed by atoms with van der Waals surface area (Å²) in [6.45, 7) is 0.178. The van der Waals surface area contributed by atoms with Gasteiger partial charge in [-0.25, -0.2) is 9.37 Å². The molecule has 32 heavy (non-hydrogen) atoms. The second kappa shape index (κ2) is 8.76. The SMILES string of the molecule is O=C(CSc1nc(-c2ccccc2)[nH]c1-c1ccc(F)cc1)Nc1ccc2c(c1)OCO2. The third kappa shape index (κ3) is 4.31. The van der Waals surface area contributed by atoms with Gasteiger partial charge in [-0.1, -0.05) is 42.1 Å². The maximum atomic E-state index is 13.4. The zero-order valence-electron chi connectivity index (χ0n) is 16.8. The van der Waals surface area contributed by atoms with Gasteiger partial charge in [0, 0.05) is 22.9 Å². The second-order valence-corrected chi connectivity index (χ2v) is 8.01. The number of hydrogen-bond acceptors (Lipinski definition) is 5. The first-order valence-electron chi connectivity index (χ1n) is 9.89. The summed E-state index contributed by atoms with van der Waals surface area (Å²) in [6, 6.07) is 21.1. The van der Waals surface area contributed by atoms with Gasteiger partial charge in [-0.05, 0) is 36.4 Å². The van der Waals surface area contributed by atoms with Gasteiger partial charge in [-0.2, -0.15) is 0 Å². The Kier molecular flexibility index (Phi) is 5.51. The summed E-state index contributed by atoms with van der Waals surface area (Å²) >= 11 is 1.31. The summed E-state index contributed by atoms with van der Waals surface area (Å²) in [5.74, 6) is 1.61. The van der Waals surface area contributed by atoms with E-state index >= 15 is 0 Å². The molecule has 3 aromatic carbocycles. The lowest BCUT2D eigenvalue weighted by Crippen LogP contribution is -2.14. The number of anilines is 1. The summed E-state index contributed by atoms with van der Waals surface area (Å²) in [5, 5.41) is 3.53. The molecule has 4 aromatic rings. The Bertz CT molecular complexity index is 1260. The minimum absolute atomic E-state index is 0.154. The predicted octanol–water partition coefficient (Wildman–Crippen LogP) is 5.34. The van der Waals surface area contributed by atoms with Gasteiger partial charge in [-0.3, -0.25) is 4.79 Å². The highest BCUT2D eigenvalue weighted by Crippen LogP contribution is 2.35. The molecule has 5 rings (SSSR count). The standard InChI is InChI=1S/C24H18FN3O3S/c25-17-8-6-15(7-9-17)22-24(28-23(27-22)16-4-2-1-3-5-16)32-13-21(29)26-18-10-11-19-20(12-18)31-14-30-19/h1-12H,13-14H2,(H,26,29)(H,27,28). The lowest BCUT2D eigenvalue weighted by molar-refractivity contribution is -0.113. The monoisotopic (exact) mass is 447 g/mol. The summed E-state index contributed by atoms with van der Waals surface area (Å²) < 4.78 is 24.1. The van der Waals surface area contributed by atoms with Crippen molar-refractivity contribution in [2.75, 3.05) is 17.9 Å². The van der Waals surface area contributed by atoms with Crippen molar-refractivity contribution in [3.8, 4) is 34.1 Å². The number of ether oxygens (including phenoxy) is 2. The smallest absolute Gasteiger partial charge is 0.234 e. The van der Waals surface area contributed by atoms with E-state index in [1.54, 1.807) is 30.3 Å². The highest BCUT2D eigenvalue weighted by Gasteiger charge is 2.17. The molecule has 0 atom stereocenters. The van der Waals surface area contributed by atoms with Crippen LogP contribution in [0.25, 0.3) is 22.6 Å². The highest BCUT2D eigenvalue weighted by atomic mass is 32.2. The van der Waals surface area contributed by atoms with E-state index in [0.717, 1.165) is 16.8 Å². The average molecular weight is 447 g/mol. The molecule has 0 aliphatic carbocycles. The van der Waals surface area contributed by atoms with E-state index in [9.17, 15) is 9.18 Å². The summed E-state index contributed by atoms with van der Waals surface area (Å²) in [7, 11) is 0. The van der Waals surface area contributed by atoms with Crippen LogP contribution < -0.4 is 14.8 Å². The number of nitrogens with zero attached hydrogens (tertiary/aromatic N) is 1. The molecule has 0 spiro atoms. The number of aromatic nitrogens is 2. The fourth-order valence-corrected chi connectivity index (χ4v) is 4.12. The Labute approximate surface area is 187 Å². The number of thioether (sulfide) groups is 1. The zero-order chi connectivity index (χ0) is 21.9. The van der Waals surface area contributed by atoms with Crippen LogP contribution in [0.5, 0.6) is 11.5 Å². The first-order chi connectivity index (χ1) is 15.7. The van der Waals surface area contributed by atoms with Gasteiger partial charge in [0.1, 0.15) is 16.7 Å². The first-order valence-corrected chi connectivity index (χ1v) is 10.9. The van der Waals surface area contributed by atoms with Crippen LogP contribution in [0, 0.1) is 5.82 Å². The molecule has 0 unspecified atom stereocenters. The molecule has 0 saturated carbocycles. The molecule has 160 valence electrons. The molecule has 2 heterocycles. The number of nitrogens with one attached hydrogen (secondary N) is 2. The van der Waals surface area contributed by atoms with Gasteiger partial charge in [0.2, 0.25) is 12.7 Å². The first kappa shape index (κ1) is 20.1. The van der Waals surface area contributed by atoms with Crippen LogP contribution in [0.1, 0.15) is 0 Å². The lowest BCUT2D eigenvalue weighted by Gasteiger charge is -2.06. The van der Waals surface area contributed by atoms with E-state index in [0.29, 0.717) is 28.0 Å². The van der Waals surface area contributed by atoms with Crippen LogP contribution in [0.4, 0.5) is 10.1 Å². The fourth-order valence-electron chi connectivity index (χ4n) is 3.31. The van der Waals surface area contributed by atoms with E-state index in [-0.39, 0.29) is 24.3 Å². The highest BCUT2D eigenvalue weighted by molar-refractivity contribution is 8.00. The fraction of sp³-hybridized carbons (Fsp3) is 0.0833. The summed E-state index contributed by atoms with van der Waals surface area (Å²) in [4.78, 5) is 20.6. The van der Waals surface area contributed by atoms with Crippen molar-refractivity contribution in [2.45, 2.75) is 5.03 Å². The number of aromatic amines is 1. The van der Waals surface area contributed by atoms with Crippen molar-refractivity contribution < 1.29 is 18.7 Å². The zero-order valence-corrected chi connectivity index (χ0v) is 17.6. The van der Waals surface area contributed by atoms with Crippen LogP contribution in [-0.2, 0) is 4.79 Å². The van der Waals surface area contributed by atoms with Crippen molar-refractivity contribution in [3.05, 3.63) is 78.6 Å². The number of hydrogen-bond donors (Lipinski definition) is 2. The third-order valence-electron chi connectivity index (χ3n) is 4.85. The molecule has 1 aromatic heterocycles. The number of halogens is 1. The molecule has 0 fully saturated rings. The number of H-pyrrole nitrogens is 1. The van der Waals surface area contributed by atoms with E-state index in [4.69, 9.17) is 14.5 Å². The van der Waals surface area contributed by atoms with E-state index < -0.39 is 0 Å². The van der Waals surface area contributed by atoms with Crippen molar-refractivity contribution in [1.29, 1.82) is 0 Å². The van der Waals surface area contributed by atoms with E-state index in [2.05, 4.69) is 10.3 Å². The van der Waals surface area contributed by atoms with E-state index in [1.807, 2.05) is 30.3 Å². The maximum absolute atomic E-state index is 13.4. The minimum Gasteiger partial charge on any atom is -0.454 e. The number of imidazole rings is 1. The van der Waals surface area contributed by atoms with Gasteiger partial charge in [0.15, 0.2) is 11.5 Å². The van der Waals surface area contributed by atoms with Crippen LogP contribution >= 0.6 is 11.8 Å². The van der Waals surface area contributed by atoms with Gasteiger partial charge < -0.3 is 19.8 Å². The lowest BCUT2D eigenvalue weighted by atomic mass is 10.2. The van der Waals surface area contributed by atoms with Gasteiger partial charge >= 0.3 is 0 Å². The Hall–Kier alpha value is -3.78. The van der Waals surface area contributed by atoms with Crippen molar-refractivity contribution in [3.63, 3.8) is 0 Å². The molecule has 1 amide bonds. The topological polar surface area (TPSA) is 76.2 Å². The largest absolute Gasteiger partial charge is 0.454 e. The van der Waals surface area contributed by atoms with Crippen LogP contribution in [0.15, 0.2) is 77.8 Å². The molecular weight excluding hydrogens is 429 g/mol. The molecule has 1 aliphatic rings. The number of amides is 1. The predicted molar refractivity (Wildman–Crippen MR) is 121 cm³/mol. The molecular formula is C24H18FN3O3S. The molecule has 0 bridgehead atoms. The Balaban J connectivity index is 1.35. The van der Waals surface area contributed by atoms with E-state index in [1.165, 1.54) is 23.9 Å². The molecule has 2 N–H and O–H groups in total. The number of rotatable bonds is 6. The van der Waals surface area contributed by atoms with Crippen LogP contribution in [0.3, 0.4) is 0 Å². The van der Waals surface area contributed by atoms with Crippen LogP contribution in [-0.4, -0.2) is 28.4 Å². The molecule has 6 nitrogen and oxygen atoms in total. The molecule has 0 saturated heterocycles. The normalized spacial score (nSPS) is 12.0. The van der Waals surface area contributed by atoms with Crippen LogP contribution in [0.2, 0.25) is 0 Å². The quantitative estimate of drug-likeness (QED) is 0.390. The number of carbonyl (C=O) groups excluding carboxylic acids is 1. The average Bonchev–Trinajstić information content (AvgIpc) is 3.46. The van der Waals surface area contributed by atoms with Crippen molar-refractivity contribution in [2.24, 2.45) is 0 Å². The minimum atomic E-state index is -0.311. The Morgan fingerprint density at radius 1 is 1.00 bits per heavy atom. The van der Waals surface area contributed by atoms with Crippen molar-refractivity contribution in [1.82, 2.24) is 9.97 Å². The third-order valence-corrected chi connectivity index (χ3v) is 5.82. The van der Waals surface area contributed by atoms with Gasteiger partial charge in [-0.15, -0.1) is 0 Å². The number of carbonyl (C=O) groups is 1. The second-order valence-electron chi connectivity index (χ2n) is 7.04. The molecule has 1 aliphatic heterocycles. The summed E-state index contributed by atoms with van der Waals surface area (Å²) in [5.41, 5.74) is 3.09. The Morgan fingerprint density at radius 3 is 2.59 bits per heavy atom.